The third-order valence-corrected chi connectivity index (χ3v) is 4.62. The summed E-state index contributed by atoms with van der Waals surface area (Å²) in [5.41, 5.74) is 5.92. The molecule has 3 aromatic rings. The second-order valence-corrected chi connectivity index (χ2v) is 6.63. The van der Waals surface area contributed by atoms with Gasteiger partial charge in [-0.1, -0.05) is 35.9 Å². The Bertz CT molecular complexity index is 994. The van der Waals surface area contributed by atoms with E-state index in [2.05, 4.69) is 41.3 Å². The Hall–Kier alpha value is -2.95. The lowest BCUT2D eigenvalue weighted by Gasteiger charge is -2.08. The number of carbonyl (C=O) groups excluding carboxylic acids is 1. The van der Waals surface area contributed by atoms with E-state index in [0.29, 0.717) is 12.0 Å². The van der Waals surface area contributed by atoms with Crippen LogP contribution in [0.15, 0.2) is 53.7 Å². The number of benzene rings is 1. The van der Waals surface area contributed by atoms with Gasteiger partial charge in [-0.15, -0.1) is 0 Å². The van der Waals surface area contributed by atoms with Gasteiger partial charge in [0.15, 0.2) is 0 Å². The molecule has 2 heterocycles. The van der Waals surface area contributed by atoms with E-state index in [4.69, 9.17) is 0 Å². The standard InChI is InChI=1S/C21H24N4O/c1-15-8-10-18(11-9-15)14-25-12-6-5-7-20(25)22-21(26)13-19-16(2)23-24(4)17(19)3/h5-12H,13-14H2,1-4H3. The molecule has 0 aliphatic carbocycles. The minimum absolute atomic E-state index is 0.159. The summed E-state index contributed by atoms with van der Waals surface area (Å²) in [6.45, 7) is 6.65. The fraction of sp³-hybridized carbons (Fsp3) is 0.286. The maximum Gasteiger partial charge on any atom is 0.252 e. The van der Waals surface area contributed by atoms with Crippen LogP contribution in [0.2, 0.25) is 0 Å². The van der Waals surface area contributed by atoms with Crippen molar-refractivity contribution in [2.45, 2.75) is 33.7 Å². The molecular formula is C21H24N4O. The van der Waals surface area contributed by atoms with Crippen molar-refractivity contribution in [1.82, 2.24) is 14.3 Å². The van der Waals surface area contributed by atoms with Gasteiger partial charge in [0.1, 0.15) is 5.49 Å². The Balaban J connectivity index is 1.86. The summed E-state index contributed by atoms with van der Waals surface area (Å²) in [6, 6.07) is 14.1. The molecule has 0 fully saturated rings. The normalized spacial score (nSPS) is 11.8. The predicted octanol–water partition coefficient (Wildman–Crippen LogP) is 2.87. The Labute approximate surface area is 153 Å². The largest absolute Gasteiger partial charge is 0.328 e. The molecule has 1 amide bonds. The Kier molecular flexibility index (Phi) is 5.16. The SMILES string of the molecule is Cc1ccc(Cn2ccccc2=NC(=O)Cc2c(C)nn(C)c2C)cc1. The molecule has 3 rings (SSSR count). The summed E-state index contributed by atoms with van der Waals surface area (Å²) in [6.07, 6.45) is 2.22. The molecule has 134 valence electrons. The van der Waals surface area contributed by atoms with E-state index in [1.165, 1.54) is 11.1 Å². The number of carbonyl (C=O) groups is 1. The number of aryl methyl sites for hydroxylation is 3. The van der Waals surface area contributed by atoms with E-state index in [1.54, 1.807) is 4.68 Å². The Morgan fingerprint density at radius 2 is 1.81 bits per heavy atom. The minimum Gasteiger partial charge on any atom is -0.328 e. The van der Waals surface area contributed by atoms with E-state index < -0.39 is 0 Å². The van der Waals surface area contributed by atoms with E-state index >= 15 is 0 Å². The van der Waals surface area contributed by atoms with E-state index in [1.807, 2.05) is 49.9 Å². The molecule has 0 N–H and O–H groups in total. The summed E-state index contributed by atoms with van der Waals surface area (Å²) < 4.78 is 3.80. The first-order valence-corrected chi connectivity index (χ1v) is 8.71. The average Bonchev–Trinajstić information content (AvgIpc) is 2.85. The fourth-order valence-electron chi connectivity index (χ4n) is 2.98. The van der Waals surface area contributed by atoms with Crippen LogP contribution < -0.4 is 5.49 Å². The molecule has 1 aromatic carbocycles. The lowest BCUT2D eigenvalue weighted by atomic mass is 10.1. The van der Waals surface area contributed by atoms with Crippen LogP contribution in [0.1, 0.15) is 28.1 Å². The number of rotatable bonds is 4. The number of pyridine rings is 1. The molecule has 2 aromatic heterocycles. The summed E-state index contributed by atoms with van der Waals surface area (Å²) in [7, 11) is 1.89. The molecular weight excluding hydrogens is 324 g/mol. The molecule has 0 radical (unpaired) electrons. The number of aromatic nitrogens is 3. The topological polar surface area (TPSA) is 52.2 Å². The summed E-state index contributed by atoms with van der Waals surface area (Å²) >= 11 is 0. The molecule has 0 spiro atoms. The zero-order valence-electron chi connectivity index (χ0n) is 15.7. The van der Waals surface area contributed by atoms with Crippen LogP contribution >= 0.6 is 0 Å². The molecule has 0 saturated heterocycles. The van der Waals surface area contributed by atoms with Gasteiger partial charge in [0.05, 0.1) is 12.1 Å². The fourth-order valence-corrected chi connectivity index (χ4v) is 2.98. The van der Waals surface area contributed by atoms with Gasteiger partial charge in [0, 0.05) is 31.0 Å². The first kappa shape index (κ1) is 17.9. The van der Waals surface area contributed by atoms with Crippen molar-refractivity contribution in [1.29, 1.82) is 0 Å². The van der Waals surface area contributed by atoms with Gasteiger partial charge in [0.2, 0.25) is 0 Å². The lowest BCUT2D eigenvalue weighted by Crippen LogP contribution is -2.22. The highest BCUT2D eigenvalue weighted by atomic mass is 16.1. The van der Waals surface area contributed by atoms with E-state index in [-0.39, 0.29) is 12.3 Å². The van der Waals surface area contributed by atoms with Crippen molar-refractivity contribution in [2.75, 3.05) is 0 Å². The van der Waals surface area contributed by atoms with Crippen molar-refractivity contribution < 1.29 is 4.79 Å². The first-order valence-electron chi connectivity index (χ1n) is 8.71. The summed E-state index contributed by atoms with van der Waals surface area (Å²) in [5, 5.41) is 4.37. The molecule has 5 nitrogen and oxygen atoms in total. The van der Waals surface area contributed by atoms with Crippen LogP contribution in [-0.2, 0) is 24.8 Å². The summed E-state index contributed by atoms with van der Waals surface area (Å²) in [4.78, 5) is 16.9. The van der Waals surface area contributed by atoms with E-state index in [0.717, 1.165) is 17.0 Å². The maximum absolute atomic E-state index is 12.5. The van der Waals surface area contributed by atoms with Crippen molar-refractivity contribution >= 4 is 5.91 Å². The Morgan fingerprint density at radius 1 is 1.08 bits per heavy atom. The highest BCUT2D eigenvalue weighted by Gasteiger charge is 2.13. The second-order valence-electron chi connectivity index (χ2n) is 6.63. The zero-order valence-corrected chi connectivity index (χ0v) is 15.7. The molecule has 0 saturated carbocycles. The molecule has 0 bridgehead atoms. The maximum atomic E-state index is 12.5. The van der Waals surface area contributed by atoms with Gasteiger partial charge in [-0.05, 0) is 38.5 Å². The van der Waals surface area contributed by atoms with Gasteiger partial charge in [-0.25, -0.2) is 0 Å². The van der Waals surface area contributed by atoms with Crippen molar-refractivity contribution in [2.24, 2.45) is 12.0 Å². The van der Waals surface area contributed by atoms with Crippen molar-refractivity contribution in [3.05, 3.63) is 82.2 Å². The van der Waals surface area contributed by atoms with Crippen LogP contribution in [0.25, 0.3) is 0 Å². The van der Waals surface area contributed by atoms with Crippen LogP contribution in [0.3, 0.4) is 0 Å². The zero-order chi connectivity index (χ0) is 18.7. The molecule has 0 aliphatic rings. The number of amides is 1. The van der Waals surface area contributed by atoms with Gasteiger partial charge >= 0.3 is 0 Å². The van der Waals surface area contributed by atoms with Crippen LogP contribution in [0.4, 0.5) is 0 Å². The third kappa shape index (κ3) is 3.99. The average molecular weight is 348 g/mol. The van der Waals surface area contributed by atoms with Gasteiger partial charge < -0.3 is 4.57 Å². The van der Waals surface area contributed by atoms with Gasteiger partial charge in [-0.3, -0.25) is 9.48 Å². The smallest absolute Gasteiger partial charge is 0.252 e. The summed E-state index contributed by atoms with van der Waals surface area (Å²) in [5.74, 6) is -0.159. The number of hydrogen-bond acceptors (Lipinski definition) is 2. The first-order chi connectivity index (χ1) is 12.4. The lowest BCUT2D eigenvalue weighted by molar-refractivity contribution is -0.117. The predicted molar refractivity (Wildman–Crippen MR) is 102 cm³/mol. The molecule has 0 unspecified atom stereocenters. The number of nitrogens with zero attached hydrogens (tertiary/aromatic N) is 4. The Morgan fingerprint density at radius 3 is 2.46 bits per heavy atom. The molecule has 0 aliphatic heterocycles. The van der Waals surface area contributed by atoms with Crippen LogP contribution in [0, 0.1) is 20.8 Å². The van der Waals surface area contributed by atoms with Gasteiger partial charge in [0.25, 0.3) is 5.91 Å². The number of hydrogen-bond donors (Lipinski definition) is 0. The van der Waals surface area contributed by atoms with Crippen LogP contribution in [0.5, 0.6) is 0 Å². The van der Waals surface area contributed by atoms with Crippen molar-refractivity contribution in [3.63, 3.8) is 0 Å². The third-order valence-electron chi connectivity index (χ3n) is 4.62. The molecule has 26 heavy (non-hydrogen) atoms. The molecule has 0 atom stereocenters. The van der Waals surface area contributed by atoms with Gasteiger partial charge in [-0.2, -0.15) is 10.1 Å². The highest BCUT2D eigenvalue weighted by molar-refractivity contribution is 5.79. The van der Waals surface area contributed by atoms with Crippen LogP contribution in [-0.4, -0.2) is 20.3 Å². The monoisotopic (exact) mass is 348 g/mol. The highest BCUT2D eigenvalue weighted by Crippen LogP contribution is 2.13. The van der Waals surface area contributed by atoms with Crippen molar-refractivity contribution in [3.8, 4) is 0 Å². The molecule has 5 heteroatoms. The second kappa shape index (κ2) is 7.52. The quantitative estimate of drug-likeness (QED) is 0.728. The van der Waals surface area contributed by atoms with E-state index in [9.17, 15) is 4.79 Å². The minimum atomic E-state index is -0.159.